The molecule has 0 bridgehead atoms. The van der Waals surface area contributed by atoms with E-state index in [1.807, 2.05) is 0 Å². The van der Waals surface area contributed by atoms with Crippen molar-refractivity contribution in [3.05, 3.63) is 51.3 Å². The van der Waals surface area contributed by atoms with Gasteiger partial charge in [0.1, 0.15) is 0 Å². The number of hydrogen-bond acceptors (Lipinski definition) is 2. The van der Waals surface area contributed by atoms with E-state index in [0.29, 0.717) is 6.04 Å². The van der Waals surface area contributed by atoms with Crippen molar-refractivity contribution >= 4 is 15.9 Å². The summed E-state index contributed by atoms with van der Waals surface area (Å²) < 4.78 is 3.27. The van der Waals surface area contributed by atoms with Crippen LogP contribution in [0.5, 0.6) is 0 Å². The van der Waals surface area contributed by atoms with E-state index in [1.54, 1.807) is 0 Å². The number of nitrogens with one attached hydrogen (secondary N) is 1. The average molecular weight is 350 g/mol. The number of halogens is 1. The minimum Gasteiger partial charge on any atom is -0.310 e. The molecule has 1 unspecified atom stereocenters. The maximum atomic E-state index is 4.55. The predicted molar refractivity (Wildman–Crippen MR) is 91.6 cm³/mol. The first-order chi connectivity index (χ1) is 10.0. The van der Waals surface area contributed by atoms with Crippen LogP contribution < -0.4 is 5.32 Å². The summed E-state index contributed by atoms with van der Waals surface area (Å²) in [5.41, 5.74) is 4.98. The van der Waals surface area contributed by atoms with E-state index in [4.69, 9.17) is 0 Å². The molecule has 0 fully saturated rings. The molecule has 114 valence electrons. The third-order valence-electron chi connectivity index (χ3n) is 3.68. The molecule has 0 saturated carbocycles. The summed E-state index contributed by atoms with van der Waals surface area (Å²) in [5.74, 6) is 0. The van der Waals surface area contributed by atoms with Crippen LogP contribution in [0.4, 0.5) is 0 Å². The Labute approximate surface area is 135 Å². The molecule has 1 aromatic heterocycles. The zero-order chi connectivity index (χ0) is 15.4. The molecule has 4 heteroatoms. The third-order valence-corrected chi connectivity index (χ3v) is 4.40. The van der Waals surface area contributed by atoms with Crippen molar-refractivity contribution in [1.82, 2.24) is 15.1 Å². The monoisotopic (exact) mass is 349 g/mol. The summed E-state index contributed by atoms with van der Waals surface area (Å²) in [6.07, 6.45) is 0.949. The highest BCUT2D eigenvalue weighted by molar-refractivity contribution is 9.10. The molecular weight excluding hydrogens is 326 g/mol. The van der Waals surface area contributed by atoms with Gasteiger partial charge in [-0.2, -0.15) is 5.10 Å². The predicted octanol–water partition coefficient (Wildman–Crippen LogP) is 4.18. The lowest BCUT2D eigenvalue weighted by Crippen LogP contribution is -2.24. The number of hydrogen-bond donors (Lipinski definition) is 1. The van der Waals surface area contributed by atoms with Gasteiger partial charge in [-0.3, -0.25) is 4.68 Å². The molecular formula is C17H24BrN3. The Balaban J connectivity index is 2.32. The first-order valence-corrected chi connectivity index (χ1v) is 8.37. The molecule has 1 heterocycles. The van der Waals surface area contributed by atoms with Crippen molar-refractivity contribution < 1.29 is 0 Å². The smallest absolute Gasteiger partial charge is 0.0596 e. The second-order valence-electron chi connectivity index (χ2n) is 5.43. The van der Waals surface area contributed by atoms with Crippen LogP contribution in [0.3, 0.4) is 0 Å². The normalized spacial score (nSPS) is 12.6. The van der Waals surface area contributed by atoms with Gasteiger partial charge < -0.3 is 5.32 Å². The fraction of sp³-hybridized carbons (Fsp3) is 0.471. The van der Waals surface area contributed by atoms with Gasteiger partial charge in [-0.1, -0.05) is 40.5 Å². The Bertz CT molecular complexity index is 604. The van der Waals surface area contributed by atoms with Gasteiger partial charge in [0.05, 0.1) is 5.69 Å². The van der Waals surface area contributed by atoms with E-state index >= 15 is 0 Å². The fourth-order valence-corrected chi connectivity index (χ4v) is 3.24. The highest BCUT2D eigenvalue weighted by atomic mass is 79.9. The van der Waals surface area contributed by atoms with Gasteiger partial charge in [-0.05, 0) is 45.0 Å². The Morgan fingerprint density at radius 2 is 2.00 bits per heavy atom. The van der Waals surface area contributed by atoms with Crippen LogP contribution in [-0.4, -0.2) is 16.3 Å². The van der Waals surface area contributed by atoms with Crippen LogP contribution in [0.2, 0.25) is 0 Å². The highest BCUT2D eigenvalue weighted by Gasteiger charge is 2.17. The zero-order valence-corrected chi connectivity index (χ0v) is 14.9. The maximum absolute atomic E-state index is 4.55. The lowest BCUT2D eigenvalue weighted by atomic mass is 10.00. The number of benzene rings is 1. The SMILES string of the molecule is CCNC(Cc1cc(C)nn1CC)c1cc(C)ccc1Br. The second kappa shape index (κ2) is 7.23. The van der Waals surface area contributed by atoms with Gasteiger partial charge in [0.25, 0.3) is 0 Å². The van der Waals surface area contributed by atoms with Gasteiger partial charge in [-0.15, -0.1) is 0 Å². The molecule has 0 aliphatic rings. The zero-order valence-electron chi connectivity index (χ0n) is 13.3. The van der Waals surface area contributed by atoms with E-state index < -0.39 is 0 Å². The summed E-state index contributed by atoms with van der Waals surface area (Å²) in [6.45, 7) is 10.3. The molecule has 0 spiro atoms. The summed E-state index contributed by atoms with van der Waals surface area (Å²) in [7, 11) is 0. The largest absolute Gasteiger partial charge is 0.310 e. The molecule has 2 rings (SSSR count). The molecule has 0 radical (unpaired) electrons. The van der Waals surface area contributed by atoms with Crippen molar-refractivity contribution in [2.45, 2.75) is 46.7 Å². The fourth-order valence-electron chi connectivity index (χ4n) is 2.72. The molecule has 21 heavy (non-hydrogen) atoms. The van der Waals surface area contributed by atoms with Gasteiger partial charge in [-0.25, -0.2) is 0 Å². The maximum Gasteiger partial charge on any atom is 0.0596 e. The Morgan fingerprint density at radius 1 is 1.24 bits per heavy atom. The van der Waals surface area contributed by atoms with Crippen molar-refractivity contribution in [2.75, 3.05) is 6.54 Å². The molecule has 3 nitrogen and oxygen atoms in total. The quantitative estimate of drug-likeness (QED) is 0.847. The summed E-state index contributed by atoms with van der Waals surface area (Å²) in [4.78, 5) is 0. The van der Waals surface area contributed by atoms with Gasteiger partial charge in [0, 0.05) is 29.2 Å². The highest BCUT2D eigenvalue weighted by Crippen LogP contribution is 2.27. The minimum atomic E-state index is 0.297. The summed E-state index contributed by atoms with van der Waals surface area (Å²) >= 11 is 3.69. The summed E-state index contributed by atoms with van der Waals surface area (Å²) in [6, 6.07) is 9.02. The number of aryl methyl sites for hydroxylation is 3. The Morgan fingerprint density at radius 3 is 2.67 bits per heavy atom. The summed E-state index contributed by atoms with van der Waals surface area (Å²) in [5, 5.41) is 8.16. The van der Waals surface area contributed by atoms with Crippen molar-refractivity contribution in [3.8, 4) is 0 Å². The number of nitrogens with zero attached hydrogens (tertiary/aromatic N) is 2. The molecule has 2 aromatic rings. The Hall–Kier alpha value is -1.13. The van der Waals surface area contributed by atoms with E-state index in [0.717, 1.165) is 25.2 Å². The molecule has 0 saturated heterocycles. The molecule has 1 atom stereocenters. The molecule has 1 N–H and O–H groups in total. The first-order valence-electron chi connectivity index (χ1n) is 7.57. The average Bonchev–Trinajstić information content (AvgIpc) is 2.81. The topological polar surface area (TPSA) is 29.9 Å². The first kappa shape index (κ1) is 16.2. The van der Waals surface area contributed by atoms with Gasteiger partial charge >= 0.3 is 0 Å². The molecule has 0 amide bonds. The lowest BCUT2D eigenvalue weighted by molar-refractivity contribution is 0.514. The van der Waals surface area contributed by atoms with Crippen LogP contribution in [0, 0.1) is 13.8 Å². The minimum absolute atomic E-state index is 0.297. The van der Waals surface area contributed by atoms with Gasteiger partial charge in [0.2, 0.25) is 0 Å². The Kier molecular flexibility index (Phi) is 5.59. The van der Waals surface area contributed by atoms with Crippen LogP contribution in [0.25, 0.3) is 0 Å². The van der Waals surface area contributed by atoms with E-state index in [9.17, 15) is 0 Å². The van der Waals surface area contributed by atoms with Crippen molar-refractivity contribution in [2.24, 2.45) is 0 Å². The molecule has 0 aliphatic carbocycles. The van der Waals surface area contributed by atoms with Crippen LogP contribution in [0.15, 0.2) is 28.7 Å². The van der Waals surface area contributed by atoms with Crippen molar-refractivity contribution in [1.29, 1.82) is 0 Å². The molecule has 0 aliphatic heterocycles. The van der Waals surface area contributed by atoms with E-state index in [1.165, 1.54) is 21.3 Å². The lowest BCUT2D eigenvalue weighted by Gasteiger charge is -2.20. The number of likely N-dealkylation sites (N-methyl/N-ethyl adjacent to an activating group) is 1. The standard InChI is InChI=1S/C17H24BrN3/c1-5-19-17(15-9-12(3)7-8-16(15)18)11-14-10-13(4)20-21(14)6-2/h7-10,17,19H,5-6,11H2,1-4H3. The third kappa shape index (κ3) is 3.95. The van der Waals surface area contributed by atoms with Gasteiger partial charge in [0.15, 0.2) is 0 Å². The van der Waals surface area contributed by atoms with E-state index in [2.05, 4.69) is 83.0 Å². The van der Waals surface area contributed by atoms with Crippen LogP contribution in [0.1, 0.15) is 42.4 Å². The second-order valence-corrected chi connectivity index (χ2v) is 6.29. The number of aromatic nitrogens is 2. The number of rotatable bonds is 6. The van der Waals surface area contributed by atoms with Crippen LogP contribution >= 0.6 is 15.9 Å². The van der Waals surface area contributed by atoms with E-state index in [-0.39, 0.29) is 0 Å². The van der Waals surface area contributed by atoms with Crippen molar-refractivity contribution in [3.63, 3.8) is 0 Å². The molecule has 1 aromatic carbocycles. The van der Waals surface area contributed by atoms with Crippen LogP contribution in [-0.2, 0) is 13.0 Å².